The van der Waals surface area contributed by atoms with E-state index in [1.165, 1.54) is 19.3 Å². The molecule has 25 heavy (non-hydrogen) atoms. The molecule has 2 aromatic rings. The molecule has 0 aliphatic carbocycles. The molecule has 1 amide bonds. The van der Waals surface area contributed by atoms with Crippen LogP contribution in [0.4, 0.5) is 0 Å². The molecule has 8 heteroatoms. The van der Waals surface area contributed by atoms with Gasteiger partial charge in [-0.2, -0.15) is 5.10 Å². The summed E-state index contributed by atoms with van der Waals surface area (Å²) in [6, 6.07) is 0. The Bertz CT molecular complexity index is 748. The molecular formula is C17H25N7O. The molecule has 0 fully saturated rings. The van der Waals surface area contributed by atoms with Crippen molar-refractivity contribution in [1.29, 1.82) is 0 Å². The lowest BCUT2D eigenvalue weighted by Crippen LogP contribution is -2.29. The lowest BCUT2D eigenvalue weighted by atomic mass is 10.1. The predicted molar refractivity (Wildman–Crippen MR) is 92.2 cm³/mol. The summed E-state index contributed by atoms with van der Waals surface area (Å²) < 4.78 is 2.27. The van der Waals surface area contributed by atoms with Gasteiger partial charge in [0.05, 0.1) is 0 Å². The summed E-state index contributed by atoms with van der Waals surface area (Å²) >= 11 is 0. The average Bonchev–Trinajstić information content (AvgIpc) is 3.15. The first-order valence-corrected chi connectivity index (χ1v) is 9.29. The van der Waals surface area contributed by atoms with Crippen LogP contribution in [0.15, 0.2) is 0 Å². The number of hydrogen-bond acceptors (Lipinski definition) is 5. The van der Waals surface area contributed by atoms with Crippen LogP contribution in [0.3, 0.4) is 0 Å². The number of rotatable bonds is 5. The van der Waals surface area contributed by atoms with Crippen LogP contribution in [-0.2, 0) is 32.4 Å². The van der Waals surface area contributed by atoms with Gasteiger partial charge in [0, 0.05) is 56.7 Å². The number of hydrogen-bond donors (Lipinski definition) is 3. The largest absolute Gasteiger partial charge is 0.351 e. The zero-order valence-electron chi connectivity index (χ0n) is 14.5. The van der Waals surface area contributed by atoms with E-state index >= 15 is 0 Å². The normalized spacial score (nSPS) is 16.8. The maximum atomic E-state index is 12.4. The van der Waals surface area contributed by atoms with Crippen molar-refractivity contribution in [2.24, 2.45) is 0 Å². The first-order chi connectivity index (χ1) is 12.3. The van der Waals surface area contributed by atoms with Gasteiger partial charge in [-0.1, -0.05) is 6.42 Å². The van der Waals surface area contributed by atoms with Gasteiger partial charge in [0.15, 0.2) is 5.69 Å². The average molecular weight is 343 g/mol. The third kappa shape index (κ3) is 3.44. The van der Waals surface area contributed by atoms with Crippen LogP contribution in [0.1, 0.15) is 59.1 Å². The van der Waals surface area contributed by atoms with Crippen LogP contribution < -0.4 is 10.6 Å². The highest BCUT2D eigenvalue weighted by Crippen LogP contribution is 2.16. The lowest BCUT2D eigenvalue weighted by Gasteiger charge is -2.12. The van der Waals surface area contributed by atoms with Gasteiger partial charge in [-0.05, 0) is 19.3 Å². The number of aromatic nitrogens is 5. The third-order valence-electron chi connectivity index (χ3n) is 5.07. The van der Waals surface area contributed by atoms with E-state index in [2.05, 4.69) is 35.6 Å². The molecule has 0 bridgehead atoms. The van der Waals surface area contributed by atoms with Crippen molar-refractivity contribution < 1.29 is 4.79 Å². The fourth-order valence-electron chi connectivity index (χ4n) is 3.68. The highest BCUT2D eigenvalue weighted by atomic mass is 16.1. The minimum atomic E-state index is -0.0960. The number of H-pyrrole nitrogens is 1. The molecule has 134 valence electrons. The van der Waals surface area contributed by atoms with Gasteiger partial charge >= 0.3 is 0 Å². The fourth-order valence-corrected chi connectivity index (χ4v) is 3.68. The van der Waals surface area contributed by atoms with Crippen LogP contribution >= 0.6 is 0 Å². The molecule has 0 aromatic carbocycles. The zero-order chi connectivity index (χ0) is 17.1. The molecular weight excluding hydrogens is 318 g/mol. The van der Waals surface area contributed by atoms with Crippen molar-refractivity contribution in [2.45, 2.75) is 58.0 Å². The standard InChI is InChI=1S/C17H25N7O/c25-17(16-12-11-18-9-7-13(12)20-23-16)19-8-4-6-15-22-21-14-5-2-1-3-10-24(14)15/h18H,1-11H2,(H,19,25)(H,20,23). The molecule has 0 atom stereocenters. The Morgan fingerprint density at radius 3 is 3.12 bits per heavy atom. The second kappa shape index (κ2) is 7.35. The molecule has 0 spiro atoms. The SMILES string of the molecule is O=C(NCCCc1nnc2n1CCCCC2)c1n[nH]c2c1CNCC2. The van der Waals surface area contributed by atoms with Crippen molar-refractivity contribution >= 4 is 5.91 Å². The van der Waals surface area contributed by atoms with E-state index in [0.717, 1.165) is 61.7 Å². The Kier molecular flexibility index (Phi) is 4.78. The number of fused-ring (bicyclic) bond motifs is 2. The van der Waals surface area contributed by atoms with Gasteiger partial charge < -0.3 is 15.2 Å². The molecule has 0 saturated carbocycles. The number of amides is 1. The first-order valence-electron chi connectivity index (χ1n) is 9.29. The van der Waals surface area contributed by atoms with E-state index < -0.39 is 0 Å². The molecule has 2 aliphatic rings. The lowest BCUT2D eigenvalue weighted by molar-refractivity contribution is 0.0947. The van der Waals surface area contributed by atoms with Crippen LogP contribution in [0, 0.1) is 0 Å². The summed E-state index contributed by atoms with van der Waals surface area (Å²) in [5, 5.41) is 22.1. The Morgan fingerprint density at radius 2 is 2.16 bits per heavy atom. The number of aryl methyl sites for hydroxylation is 2. The van der Waals surface area contributed by atoms with Crippen molar-refractivity contribution in [1.82, 2.24) is 35.6 Å². The number of aromatic amines is 1. The quantitative estimate of drug-likeness (QED) is 0.695. The Hall–Kier alpha value is -2.22. The van der Waals surface area contributed by atoms with E-state index in [1.807, 2.05) is 0 Å². The molecule has 4 rings (SSSR count). The van der Waals surface area contributed by atoms with Crippen LogP contribution in [0.25, 0.3) is 0 Å². The summed E-state index contributed by atoms with van der Waals surface area (Å²) in [6.45, 7) is 3.28. The molecule has 4 heterocycles. The van der Waals surface area contributed by atoms with E-state index in [-0.39, 0.29) is 5.91 Å². The van der Waals surface area contributed by atoms with Crippen molar-refractivity contribution in [2.75, 3.05) is 13.1 Å². The summed E-state index contributed by atoms with van der Waals surface area (Å²) in [5.74, 6) is 2.07. The van der Waals surface area contributed by atoms with Crippen LogP contribution in [0.2, 0.25) is 0 Å². The number of carbonyl (C=O) groups excluding carboxylic acids is 1. The second-order valence-electron chi connectivity index (χ2n) is 6.81. The van der Waals surface area contributed by atoms with E-state index in [1.54, 1.807) is 0 Å². The summed E-state index contributed by atoms with van der Waals surface area (Å²) in [6.07, 6.45) is 7.30. The molecule has 2 aromatic heterocycles. The summed E-state index contributed by atoms with van der Waals surface area (Å²) in [7, 11) is 0. The third-order valence-corrected chi connectivity index (χ3v) is 5.07. The zero-order valence-corrected chi connectivity index (χ0v) is 14.5. The van der Waals surface area contributed by atoms with Crippen molar-refractivity contribution in [3.05, 3.63) is 28.6 Å². The minimum absolute atomic E-state index is 0.0960. The minimum Gasteiger partial charge on any atom is -0.351 e. The van der Waals surface area contributed by atoms with Gasteiger partial charge in [-0.25, -0.2) is 0 Å². The highest BCUT2D eigenvalue weighted by molar-refractivity contribution is 5.94. The van der Waals surface area contributed by atoms with Gasteiger partial charge in [-0.15, -0.1) is 10.2 Å². The van der Waals surface area contributed by atoms with Crippen LogP contribution in [-0.4, -0.2) is 44.0 Å². The predicted octanol–water partition coefficient (Wildman–Crippen LogP) is 0.736. The number of carbonyl (C=O) groups is 1. The second-order valence-corrected chi connectivity index (χ2v) is 6.81. The summed E-state index contributed by atoms with van der Waals surface area (Å²) in [5.41, 5.74) is 2.61. The smallest absolute Gasteiger partial charge is 0.272 e. The van der Waals surface area contributed by atoms with Gasteiger partial charge in [-0.3, -0.25) is 9.89 Å². The van der Waals surface area contributed by atoms with Gasteiger partial charge in [0.25, 0.3) is 5.91 Å². The van der Waals surface area contributed by atoms with E-state index in [9.17, 15) is 4.79 Å². The highest BCUT2D eigenvalue weighted by Gasteiger charge is 2.21. The van der Waals surface area contributed by atoms with Crippen molar-refractivity contribution in [3.8, 4) is 0 Å². The number of nitrogens with one attached hydrogen (secondary N) is 3. The topological polar surface area (TPSA) is 101 Å². The molecule has 8 nitrogen and oxygen atoms in total. The van der Waals surface area contributed by atoms with Crippen LogP contribution in [0.5, 0.6) is 0 Å². The van der Waals surface area contributed by atoms with Gasteiger partial charge in [0.1, 0.15) is 11.6 Å². The maximum Gasteiger partial charge on any atom is 0.272 e. The summed E-state index contributed by atoms with van der Waals surface area (Å²) in [4.78, 5) is 12.4. The Labute approximate surface area is 146 Å². The Morgan fingerprint density at radius 1 is 1.20 bits per heavy atom. The van der Waals surface area contributed by atoms with Crippen molar-refractivity contribution in [3.63, 3.8) is 0 Å². The molecule has 3 N–H and O–H groups in total. The van der Waals surface area contributed by atoms with E-state index in [4.69, 9.17) is 0 Å². The van der Waals surface area contributed by atoms with Gasteiger partial charge in [0.2, 0.25) is 0 Å². The maximum absolute atomic E-state index is 12.4. The first kappa shape index (κ1) is 16.3. The number of nitrogens with zero attached hydrogens (tertiary/aromatic N) is 4. The molecule has 0 saturated heterocycles. The molecule has 0 radical (unpaired) electrons. The Balaban J connectivity index is 1.29. The molecule has 2 aliphatic heterocycles. The molecule has 0 unspecified atom stereocenters. The van der Waals surface area contributed by atoms with E-state index in [0.29, 0.717) is 18.8 Å². The monoisotopic (exact) mass is 343 g/mol. The fraction of sp³-hybridized carbons (Fsp3) is 0.647.